The van der Waals surface area contributed by atoms with E-state index >= 15 is 0 Å². The van der Waals surface area contributed by atoms with Crippen molar-refractivity contribution in [3.8, 4) is 6.07 Å². The molecule has 0 spiro atoms. The molecule has 1 aliphatic rings. The summed E-state index contributed by atoms with van der Waals surface area (Å²) in [4.78, 5) is 0. The van der Waals surface area contributed by atoms with E-state index in [4.69, 9.17) is 5.26 Å². The molecule has 2 nitrogen and oxygen atoms in total. The quantitative estimate of drug-likeness (QED) is 0.851. The average Bonchev–Trinajstić information content (AvgIpc) is 2.62. The number of nitrogens with zero attached hydrogens (tertiary/aromatic N) is 1. The molecular weight excluding hydrogens is 258 g/mol. The van der Waals surface area contributed by atoms with Gasteiger partial charge in [-0.2, -0.15) is 5.26 Å². The zero-order valence-electron chi connectivity index (χ0n) is 11.8. The molecule has 1 aliphatic carbocycles. The Morgan fingerprint density at radius 3 is 2.55 bits per heavy atom. The highest BCUT2D eigenvalue weighted by atomic mass is 19.1. The van der Waals surface area contributed by atoms with Gasteiger partial charge in [-0.05, 0) is 37.3 Å². The second-order valence-corrected chi connectivity index (χ2v) is 5.72. The third kappa shape index (κ3) is 3.77. The first kappa shape index (κ1) is 14.9. The van der Waals surface area contributed by atoms with Crippen molar-refractivity contribution in [3.05, 3.63) is 34.9 Å². The maximum atomic E-state index is 13.8. The third-order valence-corrected chi connectivity index (χ3v) is 4.10. The smallest absolute Gasteiger partial charge is 0.131 e. The Bertz CT molecular complexity index is 485. The van der Waals surface area contributed by atoms with Crippen molar-refractivity contribution in [2.24, 2.45) is 5.92 Å². The number of hydrogen-bond donors (Lipinski definition) is 1. The van der Waals surface area contributed by atoms with Crippen LogP contribution >= 0.6 is 0 Å². The Morgan fingerprint density at radius 2 is 1.90 bits per heavy atom. The Balaban J connectivity index is 1.99. The molecule has 1 saturated carbocycles. The Hall–Kier alpha value is -1.47. The van der Waals surface area contributed by atoms with Gasteiger partial charge in [-0.3, -0.25) is 0 Å². The molecule has 20 heavy (non-hydrogen) atoms. The minimum atomic E-state index is -0.643. The summed E-state index contributed by atoms with van der Waals surface area (Å²) in [6.07, 6.45) is 5.68. The van der Waals surface area contributed by atoms with Gasteiger partial charge >= 0.3 is 0 Å². The van der Waals surface area contributed by atoms with Crippen LogP contribution in [-0.2, 0) is 6.54 Å². The lowest BCUT2D eigenvalue weighted by molar-refractivity contribution is 0.434. The first-order valence-electron chi connectivity index (χ1n) is 7.21. The van der Waals surface area contributed by atoms with Crippen molar-refractivity contribution >= 4 is 0 Å². The van der Waals surface area contributed by atoms with Crippen LogP contribution in [0.15, 0.2) is 12.1 Å². The van der Waals surface area contributed by atoms with Gasteiger partial charge in [0, 0.05) is 18.2 Å². The minimum Gasteiger partial charge on any atom is -0.310 e. The Kier molecular flexibility index (Phi) is 5.08. The molecule has 1 N–H and O–H groups in total. The highest BCUT2D eigenvalue weighted by molar-refractivity contribution is 5.34. The van der Waals surface area contributed by atoms with E-state index < -0.39 is 11.6 Å². The predicted octanol–water partition coefficient (Wildman–Crippen LogP) is 3.89. The Morgan fingerprint density at radius 1 is 1.20 bits per heavy atom. The zero-order chi connectivity index (χ0) is 14.5. The summed E-state index contributed by atoms with van der Waals surface area (Å²) in [5, 5.41) is 11.9. The van der Waals surface area contributed by atoms with E-state index in [0.29, 0.717) is 6.04 Å². The molecule has 0 saturated heterocycles. The van der Waals surface area contributed by atoms with Crippen LogP contribution in [0.4, 0.5) is 8.78 Å². The highest BCUT2D eigenvalue weighted by Gasteiger charge is 2.17. The number of halogens is 2. The van der Waals surface area contributed by atoms with Gasteiger partial charge in [0.15, 0.2) is 0 Å². The molecule has 2 unspecified atom stereocenters. The van der Waals surface area contributed by atoms with Crippen molar-refractivity contribution in [3.63, 3.8) is 0 Å². The molecule has 2 atom stereocenters. The molecule has 0 radical (unpaired) electrons. The number of nitriles is 1. The lowest BCUT2D eigenvalue weighted by Gasteiger charge is -2.17. The molecule has 1 aromatic rings. The van der Waals surface area contributed by atoms with E-state index in [1.54, 1.807) is 6.07 Å². The topological polar surface area (TPSA) is 35.8 Å². The van der Waals surface area contributed by atoms with Crippen molar-refractivity contribution in [2.45, 2.75) is 51.6 Å². The van der Waals surface area contributed by atoms with Crippen LogP contribution in [0.25, 0.3) is 0 Å². The number of benzene rings is 1. The van der Waals surface area contributed by atoms with E-state index in [-0.39, 0.29) is 17.7 Å². The van der Waals surface area contributed by atoms with Crippen molar-refractivity contribution in [2.75, 3.05) is 0 Å². The zero-order valence-corrected chi connectivity index (χ0v) is 11.8. The van der Waals surface area contributed by atoms with Gasteiger partial charge in [0.05, 0.1) is 11.6 Å². The van der Waals surface area contributed by atoms with Crippen LogP contribution in [-0.4, -0.2) is 6.04 Å². The lowest BCUT2D eigenvalue weighted by Crippen LogP contribution is -2.28. The van der Waals surface area contributed by atoms with E-state index in [2.05, 4.69) is 12.2 Å². The monoisotopic (exact) mass is 278 g/mol. The SMILES string of the molecule is CC1CCCC(NCc2c(F)cc(C#N)cc2F)CC1. The summed E-state index contributed by atoms with van der Waals surface area (Å²) in [5.74, 6) is -0.544. The molecule has 108 valence electrons. The molecule has 0 aliphatic heterocycles. The van der Waals surface area contributed by atoms with Crippen LogP contribution < -0.4 is 5.32 Å². The first-order valence-corrected chi connectivity index (χ1v) is 7.21. The fourth-order valence-electron chi connectivity index (χ4n) is 2.77. The predicted molar refractivity (Wildman–Crippen MR) is 73.9 cm³/mol. The van der Waals surface area contributed by atoms with Crippen molar-refractivity contribution < 1.29 is 8.78 Å². The summed E-state index contributed by atoms with van der Waals surface area (Å²) >= 11 is 0. The first-order chi connectivity index (χ1) is 9.60. The molecule has 1 fully saturated rings. The van der Waals surface area contributed by atoms with Gasteiger partial charge < -0.3 is 5.32 Å². The van der Waals surface area contributed by atoms with Crippen LogP contribution in [0.3, 0.4) is 0 Å². The second kappa shape index (κ2) is 6.81. The second-order valence-electron chi connectivity index (χ2n) is 5.72. The van der Waals surface area contributed by atoms with Gasteiger partial charge in [-0.25, -0.2) is 8.78 Å². The summed E-state index contributed by atoms with van der Waals surface area (Å²) in [6.45, 7) is 2.44. The number of rotatable bonds is 3. The van der Waals surface area contributed by atoms with E-state index in [0.717, 1.165) is 43.7 Å². The normalized spacial score (nSPS) is 23.1. The van der Waals surface area contributed by atoms with Crippen LogP contribution in [0.1, 0.15) is 50.2 Å². The number of hydrogen-bond acceptors (Lipinski definition) is 2. The maximum absolute atomic E-state index is 13.8. The summed E-state index contributed by atoms with van der Waals surface area (Å²) in [6, 6.07) is 4.27. The molecular formula is C16H20F2N2. The van der Waals surface area contributed by atoms with Gasteiger partial charge in [-0.1, -0.05) is 19.8 Å². The molecule has 0 amide bonds. The van der Waals surface area contributed by atoms with Gasteiger partial charge in [0.1, 0.15) is 11.6 Å². The molecule has 0 bridgehead atoms. The molecule has 2 rings (SSSR count). The van der Waals surface area contributed by atoms with Gasteiger partial charge in [0.2, 0.25) is 0 Å². The number of nitrogens with one attached hydrogen (secondary N) is 1. The van der Waals surface area contributed by atoms with Gasteiger partial charge in [0.25, 0.3) is 0 Å². The van der Waals surface area contributed by atoms with E-state index in [9.17, 15) is 8.78 Å². The molecule has 0 heterocycles. The highest BCUT2D eigenvalue weighted by Crippen LogP contribution is 2.23. The minimum absolute atomic E-state index is 0.0204. The maximum Gasteiger partial charge on any atom is 0.131 e. The molecule has 0 aromatic heterocycles. The fourth-order valence-corrected chi connectivity index (χ4v) is 2.77. The van der Waals surface area contributed by atoms with E-state index in [1.165, 1.54) is 6.42 Å². The fraction of sp³-hybridized carbons (Fsp3) is 0.562. The van der Waals surface area contributed by atoms with E-state index in [1.807, 2.05) is 0 Å². The molecule has 4 heteroatoms. The van der Waals surface area contributed by atoms with Crippen molar-refractivity contribution in [1.29, 1.82) is 5.26 Å². The van der Waals surface area contributed by atoms with Crippen molar-refractivity contribution in [1.82, 2.24) is 5.32 Å². The summed E-state index contributed by atoms with van der Waals surface area (Å²) < 4.78 is 27.5. The lowest BCUT2D eigenvalue weighted by atomic mass is 10.0. The van der Waals surface area contributed by atoms with Gasteiger partial charge in [-0.15, -0.1) is 0 Å². The Labute approximate surface area is 118 Å². The molecule has 1 aromatic carbocycles. The average molecular weight is 278 g/mol. The van der Waals surface area contributed by atoms with Crippen LogP contribution in [0.5, 0.6) is 0 Å². The van der Waals surface area contributed by atoms with Crippen LogP contribution in [0, 0.1) is 28.9 Å². The van der Waals surface area contributed by atoms with Crippen LogP contribution in [0.2, 0.25) is 0 Å². The standard InChI is InChI=1S/C16H20F2N2/c1-11-3-2-4-13(6-5-11)20-10-14-15(17)7-12(9-19)8-16(14)18/h7-8,11,13,20H,2-6,10H2,1H3. The summed E-state index contributed by atoms with van der Waals surface area (Å²) in [7, 11) is 0. The third-order valence-electron chi connectivity index (χ3n) is 4.10. The largest absolute Gasteiger partial charge is 0.310 e. The summed E-state index contributed by atoms with van der Waals surface area (Å²) in [5.41, 5.74) is 0.0494.